The van der Waals surface area contributed by atoms with Crippen LogP contribution in [-0.4, -0.2) is 36.5 Å². The van der Waals surface area contributed by atoms with Crippen molar-refractivity contribution in [3.63, 3.8) is 0 Å². The maximum Gasteiger partial charge on any atom is 0.321 e. The van der Waals surface area contributed by atoms with Gasteiger partial charge < -0.3 is 10.6 Å². The third-order valence-corrected chi connectivity index (χ3v) is 6.36. The highest BCUT2D eigenvalue weighted by Crippen LogP contribution is 2.19. The van der Waals surface area contributed by atoms with Gasteiger partial charge in [0.1, 0.15) is 0 Å². The first-order valence-corrected chi connectivity index (χ1v) is 11.7. The normalized spacial score (nSPS) is 14.7. The molecule has 6 heteroatoms. The summed E-state index contributed by atoms with van der Waals surface area (Å²) in [6.45, 7) is 6.32. The summed E-state index contributed by atoms with van der Waals surface area (Å²) in [5.41, 5.74) is 3.74. The van der Waals surface area contributed by atoms with Crippen molar-refractivity contribution in [2.45, 2.75) is 32.9 Å². The Morgan fingerprint density at radius 1 is 0.970 bits per heavy atom. The van der Waals surface area contributed by atoms with Gasteiger partial charge in [-0.2, -0.15) is 0 Å². The average Bonchev–Trinajstić information content (AvgIpc) is 2.84. The largest absolute Gasteiger partial charge is 0.352 e. The number of hydrogen-bond donors (Lipinski definition) is 4. The van der Waals surface area contributed by atoms with Crippen LogP contribution in [0.3, 0.4) is 0 Å². The molecule has 1 heterocycles. The van der Waals surface area contributed by atoms with E-state index in [1.54, 1.807) is 0 Å². The number of hydrogen-bond acceptors (Lipinski definition) is 3. The van der Waals surface area contributed by atoms with Crippen LogP contribution in [0.25, 0.3) is 10.8 Å². The fourth-order valence-corrected chi connectivity index (χ4v) is 4.37. The van der Waals surface area contributed by atoms with Crippen LogP contribution in [0.5, 0.6) is 0 Å². The number of nitrogens with zero attached hydrogens (tertiary/aromatic N) is 1. The number of benzene rings is 3. The molecule has 6 nitrogen and oxygen atoms in total. The Morgan fingerprint density at radius 3 is 2.48 bits per heavy atom. The van der Waals surface area contributed by atoms with Crippen molar-refractivity contribution < 1.29 is 4.79 Å². The summed E-state index contributed by atoms with van der Waals surface area (Å²) >= 11 is 0. The quantitative estimate of drug-likeness (QED) is 0.337. The standard InChI is InChI=1S/C27H33N5O/c1-20-9-11-22(12-10-20)19-32-15-13-21(14-16-32)17-30-27(33)31-26(28)29-18-24-7-4-6-23-5-2-3-8-25(23)24/h2-12,21H,13-19H2,1H3,(H4,28,29,30,31,33). The molecule has 1 saturated heterocycles. The Morgan fingerprint density at radius 2 is 1.70 bits per heavy atom. The summed E-state index contributed by atoms with van der Waals surface area (Å²) in [6, 6.07) is 22.7. The summed E-state index contributed by atoms with van der Waals surface area (Å²) in [5.74, 6) is 0.483. The molecule has 0 radical (unpaired) electrons. The summed E-state index contributed by atoms with van der Waals surface area (Å²) < 4.78 is 0. The van der Waals surface area contributed by atoms with Crippen LogP contribution in [0.2, 0.25) is 0 Å². The fraction of sp³-hybridized carbons (Fsp3) is 0.333. The molecule has 3 aromatic carbocycles. The lowest BCUT2D eigenvalue weighted by atomic mass is 9.96. The van der Waals surface area contributed by atoms with Crippen molar-refractivity contribution in [1.29, 1.82) is 5.41 Å². The molecule has 172 valence electrons. The van der Waals surface area contributed by atoms with Crippen LogP contribution >= 0.6 is 0 Å². The molecule has 4 N–H and O–H groups in total. The first-order chi connectivity index (χ1) is 16.1. The number of fused-ring (bicyclic) bond motifs is 1. The molecule has 1 fully saturated rings. The second-order valence-electron chi connectivity index (χ2n) is 8.91. The van der Waals surface area contributed by atoms with E-state index in [0.717, 1.165) is 43.4 Å². The number of guanidine groups is 1. The smallest absolute Gasteiger partial charge is 0.321 e. The van der Waals surface area contributed by atoms with Gasteiger partial charge in [0.2, 0.25) is 0 Å². The number of rotatable bonds is 6. The Hall–Kier alpha value is -3.38. The minimum Gasteiger partial charge on any atom is -0.352 e. The lowest BCUT2D eigenvalue weighted by molar-refractivity contribution is 0.175. The minimum atomic E-state index is -0.326. The van der Waals surface area contributed by atoms with Gasteiger partial charge in [0.15, 0.2) is 5.96 Å². The number of amides is 2. The molecule has 3 aromatic rings. The van der Waals surface area contributed by atoms with Gasteiger partial charge in [-0.15, -0.1) is 0 Å². The zero-order valence-electron chi connectivity index (χ0n) is 19.2. The number of piperidine rings is 1. The first-order valence-electron chi connectivity index (χ1n) is 11.7. The van der Waals surface area contributed by atoms with E-state index in [4.69, 9.17) is 5.41 Å². The average molecular weight is 444 g/mol. The second kappa shape index (κ2) is 11.0. The van der Waals surface area contributed by atoms with Gasteiger partial charge in [-0.1, -0.05) is 72.3 Å². The van der Waals surface area contributed by atoms with Gasteiger partial charge in [-0.25, -0.2) is 4.79 Å². The van der Waals surface area contributed by atoms with Crippen LogP contribution in [-0.2, 0) is 13.1 Å². The number of nitrogens with one attached hydrogen (secondary N) is 4. The van der Waals surface area contributed by atoms with Gasteiger partial charge in [0.25, 0.3) is 0 Å². The van der Waals surface area contributed by atoms with Gasteiger partial charge >= 0.3 is 6.03 Å². The Bertz CT molecular complexity index is 1080. The van der Waals surface area contributed by atoms with Crippen molar-refractivity contribution in [1.82, 2.24) is 20.9 Å². The zero-order chi connectivity index (χ0) is 23.0. The van der Waals surface area contributed by atoms with Gasteiger partial charge in [-0.05, 0) is 60.7 Å². The maximum atomic E-state index is 12.2. The van der Waals surface area contributed by atoms with E-state index in [2.05, 4.69) is 70.2 Å². The molecule has 1 aliphatic rings. The highest BCUT2D eigenvalue weighted by Gasteiger charge is 2.20. The van der Waals surface area contributed by atoms with Crippen LogP contribution in [0.15, 0.2) is 66.7 Å². The van der Waals surface area contributed by atoms with Crippen molar-refractivity contribution in [2.75, 3.05) is 19.6 Å². The molecule has 0 unspecified atom stereocenters. The SMILES string of the molecule is Cc1ccc(CN2CCC(CNC(=O)NC(=N)NCc3cccc4ccccc34)CC2)cc1. The van der Waals surface area contributed by atoms with Crippen LogP contribution in [0.1, 0.15) is 29.5 Å². The van der Waals surface area contributed by atoms with Gasteiger partial charge in [0.05, 0.1) is 0 Å². The molecule has 0 spiro atoms. The molecule has 0 saturated carbocycles. The number of carbonyl (C=O) groups is 1. The third-order valence-electron chi connectivity index (χ3n) is 6.36. The van der Waals surface area contributed by atoms with E-state index < -0.39 is 0 Å². The van der Waals surface area contributed by atoms with E-state index in [-0.39, 0.29) is 12.0 Å². The topological polar surface area (TPSA) is 80.2 Å². The van der Waals surface area contributed by atoms with E-state index in [1.165, 1.54) is 16.5 Å². The lowest BCUT2D eigenvalue weighted by Crippen LogP contribution is -2.47. The summed E-state index contributed by atoms with van der Waals surface area (Å²) in [5, 5.41) is 18.9. The van der Waals surface area contributed by atoms with Crippen LogP contribution < -0.4 is 16.0 Å². The molecule has 4 rings (SSSR count). The molecular weight excluding hydrogens is 410 g/mol. The van der Waals surface area contributed by atoms with Crippen LogP contribution in [0, 0.1) is 18.3 Å². The monoisotopic (exact) mass is 443 g/mol. The Labute approximate surface area is 195 Å². The van der Waals surface area contributed by atoms with E-state index in [9.17, 15) is 4.79 Å². The Balaban J connectivity index is 1.14. The van der Waals surface area contributed by atoms with Crippen molar-refractivity contribution in [2.24, 2.45) is 5.92 Å². The molecule has 0 aliphatic carbocycles. The molecule has 2 amide bonds. The molecular formula is C27H33N5O. The highest BCUT2D eigenvalue weighted by atomic mass is 16.2. The summed E-state index contributed by atoms with van der Waals surface area (Å²) in [6.07, 6.45) is 2.14. The molecule has 0 atom stereocenters. The van der Waals surface area contributed by atoms with Crippen molar-refractivity contribution in [3.8, 4) is 0 Å². The summed E-state index contributed by atoms with van der Waals surface area (Å²) in [4.78, 5) is 14.7. The van der Waals surface area contributed by atoms with E-state index >= 15 is 0 Å². The molecule has 0 bridgehead atoms. The number of likely N-dealkylation sites (tertiary alicyclic amines) is 1. The van der Waals surface area contributed by atoms with E-state index in [1.807, 2.05) is 24.3 Å². The summed E-state index contributed by atoms with van der Waals surface area (Å²) in [7, 11) is 0. The highest BCUT2D eigenvalue weighted by molar-refractivity contribution is 5.94. The fourth-order valence-electron chi connectivity index (χ4n) is 4.37. The van der Waals surface area contributed by atoms with Gasteiger partial charge in [0, 0.05) is 19.6 Å². The van der Waals surface area contributed by atoms with Crippen molar-refractivity contribution >= 4 is 22.8 Å². The lowest BCUT2D eigenvalue weighted by Gasteiger charge is -2.32. The minimum absolute atomic E-state index is 0.00773. The Kier molecular flexibility index (Phi) is 7.58. The number of aryl methyl sites for hydroxylation is 1. The predicted octanol–water partition coefficient (Wildman–Crippen LogP) is 4.38. The maximum absolute atomic E-state index is 12.2. The second-order valence-corrected chi connectivity index (χ2v) is 8.91. The molecule has 33 heavy (non-hydrogen) atoms. The molecule has 1 aliphatic heterocycles. The van der Waals surface area contributed by atoms with Crippen LogP contribution in [0.4, 0.5) is 4.79 Å². The predicted molar refractivity (Wildman–Crippen MR) is 134 cm³/mol. The van der Waals surface area contributed by atoms with Crippen molar-refractivity contribution in [3.05, 3.63) is 83.4 Å². The first kappa shape index (κ1) is 22.8. The third kappa shape index (κ3) is 6.56. The van der Waals surface area contributed by atoms with E-state index in [0.29, 0.717) is 19.0 Å². The molecule has 0 aromatic heterocycles. The number of carbonyl (C=O) groups excluding carboxylic acids is 1. The number of urea groups is 1. The zero-order valence-corrected chi connectivity index (χ0v) is 19.2. The van der Waals surface area contributed by atoms with Gasteiger partial charge in [-0.3, -0.25) is 15.6 Å².